The van der Waals surface area contributed by atoms with Crippen LogP contribution in [0.15, 0.2) is 52.7 Å². The predicted molar refractivity (Wildman–Crippen MR) is 109 cm³/mol. The van der Waals surface area contributed by atoms with Gasteiger partial charge in [0, 0.05) is 35.3 Å². The topological polar surface area (TPSA) is 92.3 Å². The molecule has 1 aromatic heterocycles. The minimum absolute atomic E-state index is 0.0196. The van der Waals surface area contributed by atoms with Crippen LogP contribution < -0.4 is 9.62 Å². The van der Waals surface area contributed by atoms with Crippen LogP contribution in [0.3, 0.4) is 0 Å². The van der Waals surface area contributed by atoms with Gasteiger partial charge >= 0.3 is 0 Å². The zero-order chi connectivity index (χ0) is 19.9. The van der Waals surface area contributed by atoms with Gasteiger partial charge < -0.3 is 4.90 Å². The van der Waals surface area contributed by atoms with Gasteiger partial charge in [0.05, 0.1) is 4.90 Å². The first kappa shape index (κ1) is 18.6. The highest BCUT2D eigenvalue weighted by molar-refractivity contribution is 7.92. The minimum Gasteiger partial charge on any atom is -0.309 e. The van der Waals surface area contributed by atoms with Gasteiger partial charge in [-0.05, 0) is 60.8 Å². The second-order valence-corrected chi connectivity index (χ2v) is 9.00. The first-order chi connectivity index (χ1) is 13.3. The Morgan fingerprint density at radius 2 is 1.96 bits per heavy atom. The molecule has 0 fully saturated rings. The van der Waals surface area contributed by atoms with E-state index in [2.05, 4.69) is 14.3 Å². The fourth-order valence-corrected chi connectivity index (χ4v) is 5.04. The van der Waals surface area contributed by atoms with Crippen LogP contribution in [-0.2, 0) is 21.2 Å². The lowest BCUT2D eigenvalue weighted by atomic mass is 10.1. The van der Waals surface area contributed by atoms with Crippen LogP contribution in [0.2, 0.25) is 0 Å². The van der Waals surface area contributed by atoms with E-state index < -0.39 is 10.0 Å². The molecule has 1 aliphatic rings. The van der Waals surface area contributed by atoms with Gasteiger partial charge in [-0.15, -0.1) is 5.10 Å². The molecule has 0 saturated carbocycles. The average Bonchev–Trinajstić information content (AvgIpc) is 3.28. The quantitative estimate of drug-likeness (QED) is 0.707. The summed E-state index contributed by atoms with van der Waals surface area (Å²) in [5.74, 6) is -0.0459. The van der Waals surface area contributed by atoms with Crippen LogP contribution in [0, 0.1) is 0 Å². The molecule has 2 aromatic carbocycles. The van der Waals surface area contributed by atoms with Crippen LogP contribution >= 0.6 is 11.5 Å². The van der Waals surface area contributed by atoms with E-state index in [-0.39, 0.29) is 16.8 Å². The van der Waals surface area contributed by atoms with Crippen LogP contribution in [0.1, 0.15) is 19.4 Å². The number of amides is 1. The van der Waals surface area contributed by atoms with Crippen molar-refractivity contribution in [1.82, 2.24) is 9.59 Å². The molecule has 0 spiro atoms. The van der Waals surface area contributed by atoms with E-state index in [9.17, 15) is 13.2 Å². The molecule has 0 saturated heterocycles. The van der Waals surface area contributed by atoms with Crippen molar-refractivity contribution in [1.29, 1.82) is 0 Å². The second kappa shape index (κ2) is 6.99. The summed E-state index contributed by atoms with van der Waals surface area (Å²) in [5, 5.41) is 5.83. The molecule has 9 heteroatoms. The van der Waals surface area contributed by atoms with E-state index in [4.69, 9.17) is 0 Å². The van der Waals surface area contributed by atoms with Crippen molar-refractivity contribution in [2.45, 2.75) is 31.2 Å². The monoisotopic (exact) mass is 414 g/mol. The number of nitrogens with zero attached hydrogens (tertiary/aromatic N) is 3. The van der Waals surface area contributed by atoms with Crippen molar-refractivity contribution < 1.29 is 13.2 Å². The summed E-state index contributed by atoms with van der Waals surface area (Å²) in [5.41, 5.74) is 3.72. The molecular formula is C19H18N4O3S2. The summed E-state index contributed by atoms with van der Waals surface area (Å²) in [6.45, 7) is 3.47. The number of aromatic nitrogens is 2. The number of carbonyl (C=O) groups is 1. The van der Waals surface area contributed by atoms with Crippen LogP contribution in [0.4, 0.5) is 11.4 Å². The van der Waals surface area contributed by atoms with Crippen LogP contribution in [-0.4, -0.2) is 30.0 Å². The molecule has 1 N–H and O–H groups in total. The summed E-state index contributed by atoms with van der Waals surface area (Å²) < 4.78 is 32.0. The molecular weight excluding hydrogens is 396 g/mol. The van der Waals surface area contributed by atoms with Gasteiger partial charge in [-0.3, -0.25) is 9.52 Å². The lowest BCUT2D eigenvalue weighted by molar-refractivity contribution is -0.116. The van der Waals surface area contributed by atoms with Gasteiger partial charge in [-0.25, -0.2) is 8.42 Å². The number of fused-ring (bicyclic) bond motifs is 1. The zero-order valence-corrected chi connectivity index (χ0v) is 16.9. The maximum Gasteiger partial charge on any atom is 0.261 e. The molecule has 0 radical (unpaired) electrons. The van der Waals surface area contributed by atoms with E-state index in [1.165, 1.54) is 24.5 Å². The molecule has 28 heavy (non-hydrogen) atoms. The number of nitrogens with one attached hydrogen (secondary N) is 1. The molecule has 3 aromatic rings. The summed E-state index contributed by atoms with van der Waals surface area (Å²) in [7, 11) is -3.74. The average molecular weight is 415 g/mol. The molecule has 1 amide bonds. The largest absolute Gasteiger partial charge is 0.309 e. The second-order valence-electron chi connectivity index (χ2n) is 6.71. The Balaban J connectivity index is 1.58. The Labute approximate surface area is 167 Å². The van der Waals surface area contributed by atoms with Crippen LogP contribution in [0.5, 0.6) is 0 Å². The summed E-state index contributed by atoms with van der Waals surface area (Å²) in [6.07, 6.45) is 0.634. The Morgan fingerprint density at radius 1 is 1.21 bits per heavy atom. The SMILES string of the molecule is CC(=O)N1c2ccc(S(=O)(=O)Nc3ccc(-c4csnn4)cc3)cc2CC1C. The number of hydrogen-bond donors (Lipinski definition) is 1. The van der Waals surface area contributed by atoms with Gasteiger partial charge in [0.2, 0.25) is 5.91 Å². The predicted octanol–water partition coefficient (Wildman–Crippen LogP) is 3.30. The number of rotatable bonds is 4. The molecule has 144 valence electrons. The van der Waals surface area contributed by atoms with Gasteiger partial charge in [0.15, 0.2) is 0 Å². The standard InChI is InChI=1S/C19H18N4O3S2/c1-12-9-15-10-17(7-8-19(15)23(12)13(2)24)28(25,26)21-16-5-3-14(4-6-16)18-11-27-22-20-18/h3-8,10-12,21H,9H2,1-2H3. The first-order valence-electron chi connectivity index (χ1n) is 8.68. The number of sulfonamides is 1. The lowest BCUT2D eigenvalue weighted by Gasteiger charge is -2.20. The van der Waals surface area contributed by atoms with Gasteiger partial charge in [0.25, 0.3) is 10.0 Å². The van der Waals surface area contributed by atoms with E-state index in [0.717, 1.165) is 22.5 Å². The third-order valence-electron chi connectivity index (χ3n) is 4.71. The Morgan fingerprint density at radius 3 is 2.61 bits per heavy atom. The fraction of sp³-hybridized carbons (Fsp3) is 0.211. The van der Waals surface area contributed by atoms with E-state index in [1.807, 2.05) is 12.3 Å². The van der Waals surface area contributed by atoms with Crippen molar-refractivity contribution in [2.24, 2.45) is 0 Å². The molecule has 1 unspecified atom stereocenters. The fourth-order valence-electron chi connectivity index (χ4n) is 3.47. The summed E-state index contributed by atoms with van der Waals surface area (Å²) in [4.78, 5) is 13.7. The minimum atomic E-state index is -3.74. The highest BCUT2D eigenvalue weighted by atomic mass is 32.2. The molecule has 4 rings (SSSR count). The highest BCUT2D eigenvalue weighted by Crippen LogP contribution is 2.34. The Kier molecular flexibility index (Phi) is 4.64. The normalized spacial score (nSPS) is 16.1. The highest BCUT2D eigenvalue weighted by Gasteiger charge is 2.30. The van der Waals surface area contributed by atoms with Gasteiger partial charge in [-0.2, -0.15) is 0 Å². The van der Waals surface area contributed by atoms with Crippen LogP contribution in [0.25, 0.3) is 11.3 Å². The van der Waals surface area contributed by atoms with Crippen molar-refractivity contribution in [3.05, 3.63) is 53.4 Å². The van der Waals surface area contributed by atoms with Gasteiger partial charge in [0.1, 0.15) is 5.69 Å². The summed E-state index contributed by atoms with van der Waals surface area (Å²) >= 11 is 1.26. The van der Waals surface area contributed by atoms with Crippen molar-refractivity contribution in [3.8, 4) is 11.3 Å². The third-order valence-corrected chi connectivity index (χ3v) is 6.59. The first-order valence-corrected chi connectivity index (χ1v) is 11.0. The molecule has 2 heterocycles. The number of anilines is 2. The number of hydrogen-bond acceptors (Lipinski definition) is 6. The van der Waals surface area contributed by atoms with Gasteiger partial charge in [-0.1, -0.05) is 16.6 Å². The zero-order valence-electron chi connectivity index (χ0n) is 15.3. The molecule has 0 bridgehead atoms. The molecule has 7 nitrogen and oxygen atoms in total. The third kappa shape index (κ3) is 3.38. The smallest absolute Gasteiger partial charge is 0.261 e. The summed E-state index contributed by atoms with van der Waals surface area (Å²) in [6, 6.07) is 11.9. The van der Waals surface area contributed by atoms with E-state index in [0.29, 0.717) is 12.1 Å². The number of carbonyl (C=O) groups excluding carboxylic acids is 1. The van der Waals surface area contributed by atoms with E-state index >= 15 is 0 Å². The number of benzene rings is 2. The molecule has 1 aliphatic heterocycles. The van der Waals surface area contributed by atoms with Crippen molar-refractivity contribution in [2.75, 3.05) is 9.62 Å². The van der Waals surface area contributed by atoms with Crippen molar-refractivity contribution in [3.63, 3.8) is 0 Å². The molecule has 0 aliphatic carbocycles. The Hall–Kier alpha value is -2.78. The van der Waals surface area contributed by atoms with Crippen molar-refractivity contribution >= 4 is 38.8 Å². The lowest BCUT2D eigenvalue weighted by Crippen LogP contribution is -2.33. The Bertz CT molecular complexity index is 1130. The maximum atomic E-state index is 12.8. The van der Waals surface area contributed by atoms with E-state index in [1.54, 1.807) is 41.3 Å². The molecule has 1 atom stereocenters. The maximum absolute atomic E-state index is 12.8.